The number of aliphatic carboxylic acids is 1. The van der Waals surface area contributed by atoms with Gasteiger partial charge in [0.1, 0.15) is 5.38 Å². The van der Waals surface area contributed by atoms with Gasteiger partial charge in [0.25, 0.3) is 5.69 Å². The summed E-state index contributed by atoms with van der Waals surface area (Å²) in [5.41, 5.74) is -2.06. The first-order valence-corrected chi connectivity index (χ1v) is 8.30. The maximum Gasteiger partial charge on any atom is 0.416 e. The number of alkyl halides is 4. The number of carboxylic acids is 1. The molecule has 1 atom stereocenters. The Kier molecular flexibility index (Phi) is 5.92. The lowest BCUT2D eigenvalue weighted by Crippen LogP contribution is -2.19. The van der Waals surface area contributed by atoms with Crippen molar-refractivity contribution in [2.45, 2.75) is 56.0 Å². The molecule has 1 saturated carbocycles. The Morgan fingerprint density at radius 1 is 1.32 bits per heavy atom. The van der Waals surface area contributed by atoms with Gasteiger partial charge in [0.05, 0.1) is 10.5 Å². The maximum absolute atomic E-state index is 13.6. The van der Waals surface area contributed by atoms with E-state index in [1.165, 1.54) is 0 Å². The highest BCUT2D eigenvalue weighted by Gasteiger charge is 2.40. The number of benzene rings is 1. The van der Waals surface area contributed by atoms with Crippen LogP contribution in [0, 0.1) is 10.1 Å². The molecule has 0 aromatic heterocycles. The third-order valence-electron chi connectivity index (χ3n) is 4.42. The van der Waals surface area contributed by atoms with Crippen LogP contribution in [0.5, 0.6) is 0 Å². The molecular weight excluding hydrogens is 363 g/mol. The van der Waals surface area contributed by atoms with Crippen molar-refractivity contribution in [2.24, 2.45) is 0 Å². The van der Waals surface area contributed by atoms with E-state index in [0.717, 1.165) is 31.4 Å². The van der Waals surface area contributed by atoms with Gasteiger partial charge in [-0.3, -0.25) is 14.9 Å². The zero-order valence-corrected chi connectivity index (χ0v) is 13.9. The monoisotopic (exact) mass is 379 g/mol. The van der Waals surface area contributed by atoms with E-state index in [4.69, 9.17) is 16.7 Å². The first-order chi connectivity index (χ1) is 11.6. The fraction of sp³-hybridized carbons (Fsp3) is 0.562. The molecule has 1 fully saturated rings. The van der Waals surface area contributed by atoms with Crippen LogP contribution in [0.25, 0.3) is 0 Å². The lowest BCUT2D eigenvalue weighted by molar-refractivity contribution is -0.386. The summed E-state index contributed by atoms with van der Waals surface area (Å²) in [5.74, 6) is -1.92. The van der Waals surface area contributed by atoms with E-state index in [-0.39, 0.29) is 11.1 Å². The molecule has 1 N–H and O–H groups in total. The highest BCUT2D eigenvalue weighted by molar-refractivity contribution is 6.29. The van der Waals surface area contributed by atoms with Crippen LogP contribution in [0.1, 0.15) is 54.7 Å². The summed E-state index contributed by atoms with van der Waals surface area (Å²) in [6, 6.07) is 1.83. The van der Waals surface area contributed by atoms with E-state index in [1.54, 1.807) is 0 Å². The second-order valence-electron chi connectivity index (χ2n) is 6.18. The van der Waals surface area contributed by atoms with Crippen molar-refractivity contribution in [3.05, 3.63) is 38.9 Å². The van der Waals surface area contributed by atoms with Crippen molar-refractivity contribution in [1.29, 1.82) is 0 Å². The van der Waals surface area contributed by atoms with E-state index in [0.29, 0.717) is 12.8 Å². The van der Waals surface area contributed by atoms with E-state index in [2.05, 4.69) is 0 Å². The minimum atomic E-state index is -4.77. The minimum Gasteiger partial charge on any atom is -0.480 e. The van der Waals surface area contributed by atoms with Crippen molar-refractivity contribution < 1.29 is 28.0 Å². The van der Waals surface area contributed by atoms with Gasteiger partial charge < -0.3 is 5.11 Å². The molecule has 0 aliphatic heterocycles. The number of carbonyl (C=O) groups is 1. The number of nitro groups is 1. The third kappa shape index (κ3) is 4.62. The first kappa shape index (κ1) is 19.5. The number of hydrogen-bond donors (Lipinski definition) is 1. The van der Waals surface area contributed by atoms with Gasteiger partial charge in [0.15, 0.2) is 0 Å². The molecule has 1 unspecified atom stereocenters. The van der Waals surface area contributed by atoms with Gasteiger partial charge >= 0.3 is 12.1 Å². The third-order valence-corrected chi connectivity index (χ3v) is 4.76. The molecule has 1 aliphatic carbocycles. The van der Waals surface area contributed by atoms with Crippen LogP contribution in [0.4, 0.5) is 18.9 Å². The van der Waals surface area contributed by atoms with Gasteiger partial charge in [-0.25, -0.2) is 0 Å². The molecule has 1 aliphatic rings. The van der Waals surface area contributed by atoms with Crippen LogP contribution < -0.4 is 0 Å². The van der Waals surface area contributed by atoms with E-state index >= 15 is 0 Å². The van der Waals surface area contributed by atoms with Crippen LogP contribution in [-0.4, -0.2) is 21.4 Å². The molecule has 0 saturated heterocycles. The molecule has 138 valence electrons. The zero-order valence-electron chi connectivity index (χ0n) is 13.2. The quantitative estimate of drug-likeness (QED) is 0.448. The molecule has 0 bridgehead atoms. The smallest absolute Gasteiger partial charge is 0.416 e. The van der Waals surface area contributed by atoms with Crippen molar-refractivity contribution in [1.82, 2.24) is 0 Å². The molecule has 1 aromatic carbocycles. The molecule has 0 spiro atoms. The van der Waals surface area contributed by atoms with Crippen molar-refractivity contribution in [3.63, 3.8) is 0 Å². The number of hydrogen-bond acceptors (Lipinski definition) is 3. The average molecular weight is 380 g/mol. The standard InChI is InChI=1S/C16H17ClF3NO4/c17-12(15(22)23)7-9-6-11(16(18,19)20)14(13(8-9)21(24)25)10-4-2-1-3-5-10/h6,8,10,12H,1-5,7H2,(H,22,23). The summed E-state index contributed by atoms with van der Waals surface area (Å²) in [7, 11) is 0. The average Bonchev–Trinajstić information content (AvgIpc) is 2.53. The Hall–Kier alpha value is -1.83. The summed E-state index contributed by atoms with van der Waals surface area (Å²) >= 11 is 5.59. The fourth-order valence-electron chi connectivity index (χ4n) is 3.31. The highest BCUT2D eigenvalue weighted by atomic mass is 35.5. The normalized spacial score (nSPS) is 17.3. The molecule has 5 nitrogen and oxygen atoms in total. The summed E-state index contributed by atoms with van der Waals surface area (Å²) in [4.78, 5) is 21.4. The predicted octanol–water partition coefficient (Wildman–Crippen LogP) is 4.90. The predicted molar refractivity (Wildman–Crippen MR) is 84.9 cm³/mol. The van der Waals surface area contributed by atoms with Crippen LogP contribution in [0.3, 0.4) is 0 Å². The Balaban J connectivity index is 2.59. The Bertz CT molecular complexity index is 672. The lowest BCUT2D eigenvalue weighted by Gasteiger charge is -2.25. The van der Waals surface area contributed by atoms with E-state index in [1.807, 2.05) is 0 Å². The number of halogens is 4. The van der Waals surface area contributed by atoms with Crippen molar-refractivity contribution >= 4 is 23.3 Å². The number of rotatable bonds is 5. The van der Waals surface area contributed by atoms with Gasteiger partial charge in [-0.2, -0.15) is 13.2 Å². The van der Waals surface area contributed by atoms with Gasteiger partial charge in [0.2, 0.25) is 0 Å². The molecule has 2 rings (SSSR count). The van der Waals surface area contributed by atoms with E-state index in [9.17, 15) is 28.1 Å². The SMILES string of the molecule is O=C(O)C(Cl)Cc1cc([N+](=O)[O-])c(C2CCCCC2)c(C(F)(F)F)c1. The molecular formula is C16H17ClF3NO4. The molecule has 25 heavy (non-hydrogen) atoms. The van der Waals surface area contributed by atoms with Crippen molar-refractivity contribution in [3.8, 4) is 0 Å². The summed E-state index contributed by atoms with van der Waals surface area (Å²) in [6.45, 7) is 0. The Morgan fingerprint density at radius 3 is 2.40 bits per heavy atom. The number of nitrogens with zero attached hydrogens (tertiary/aromatic N) is 1. The molecule has 0 radical (unpaired) electrons. The second kappa shape index (κ2) is 7.59. The molecule has 0 amide bonds. The Labute approximate surface area is 146 Å². The summed E-state index contributed by atoms with van der Waals surface area (Å²) in [5, 5.41) is 18.8. The lowest BCUT2D eigenvalue weighted by atomic mass is 9.80. The van der Waals surface area contributed by atoms with E-state index < -0.39 is 46.0 Å². The summed E-state index contributed by atoms with van der Waals surface area (Å²) < 4.78 is 40.7. The second-order valence-corrected chi connectivity index (χ2v) is 6.70. The van der Waals surface area contributed by atoms with Crippen LogP contribution in [0.15, 0.2) is 12.1 Å². The van der Waals surface area contributed by atoms with Crippen LogP contribution in [0.2, 0.25) is 0 Å². The van der Waals surface area contributed by atoms with Gasteiger partial charge in [-0.05, 0) is 36.8 Å². The highest BCUT2D eigenvalue weighted by Crippen LogP contribution is 2.45. The zero-order chi connectivity index (χ0) is 18.8. The van der Waals surface area contributed by atoms with Gasteiger partial charge in [-0.15, -0.1) is 11.6 Å². The number of carboxylic acid groups (broad SMARTS) is 1. The Morgan fingerprint density at radius 2 is 1.92 bits per heavy atom. The largest absolute Gasteiger partial charge is 0.480 e. The minimum absolute atomic E-state index is 0.110. The maximum atomic E-state index is 13.6. The molecule has 9 heteroatoms. The first-order valence-electron chi connectivity index (χ1n) is 7.86. The number of nitro benzene ring substituents is 1. The molecule has 1 aromatic rings. The van der Waals surface area contributed by atoms with Crippen LogP contribution >= 0.6 is 11.6 Å². The molecule has 0 heterocycles. The fourth-order valence-corrected chi connectivity index (χ4v) is 3.49. The van der Waals surface area contributed by atoms with Crippen LogP contribution in [-0.2, 0) is 17.4 Å². The summed E-state index contributed by atoms with van der Waals surface area (Å²) in [6.07, 6.45) is -1.90. The topological polar surface area (TPSA) is 80.4 Å². The van der Waals surface area contributed by atoms with Crippen molar-refractivity contribution in [2.75, 3.05) is 0 Å². The van der Waals surface area contributed by atoms with Gasteiger partial charge in [0, 0.05) is 11.6 Å². The van der Waals surface area contributed by atoms with Gasteiger partial charge in [-0.1, -0.05) is 19.3 Å².